The van der Waals surface area contributed by atoms with Crippen LogP contribution < -0.4 is 10.6 Å². The fourth-order valence-corrected chi connectivity index (χ4v) is 1.33. The first-order valence-corrected chi connectivity index (χ1v) is 6.05. The topological polar surface area (TPSA) is 72.2 Å². The van der Waals surface area contributed by atoms with Crippen molar-refractivity contribution in [2.24, 2.45) is 0 Å². The molecule has 0 amide bonds. The van der Waals surface area contributed by atoms with Crippen LogP contribution in [0, 0.1) is 0 Å². The molecule has 1 aromatic rings. The molecule has 0 saturated heterocycles. The van der Waals surface area contributed by atoms with Crippen molar-refractivity contribution >= 4 is 6.01 Å². The zero-order valence-electron chi connectivity index (χ0n) is 11.0. The summed E-state index contributed by atoms with van der Waals surface area (Å²) in [5, 5.41) is 14.1. The maximum atomic E-state index is 5.45. The van der Waals surface area contributed by atoms with Gasteiger partial charge in [-0.05, 0) is 27.3 Å². The van der Waals surface area contributed by atoms with Crippen LogP contribution in [0.3, 0.4) is 0 Å². The minimum absolute atomic E-state index is 0.0787. The monoisotopic (exact) mass is 242 g/mol. The molecule has 2 N–H and O–H groups in total. The highest BCUT2D eigenvalue weighted by Gasteiger charge is 2.12. The number of aromatic nitrogens is 2. The molecule has 0 radical (unpaired) electrons. The number of hydrogen-bond acceptors (Lipinski definition) is 6. The predicted octanol–water partition coefficient (Wildman–Crippen LogP) is 1.58. The lowest BCUT2D eigenvalue weighted by molar-refractivity contribution is 0.0868. The molecule has 0 spiro atoms. The Labute approximate surface area is 102 Å². The van der Waals surface area contributed by atoms with E-state index in [1.54, 1.807) is 0 Å². The molecule has 1 heterocycles. The largest absolute Gasteiger partial charge is 0.406 e. The summed E-state index contributed by atoms with van der Waals surface area (Å²) in [6.07, 6.45) is 0.240. The molecule has 0 saturated carbocycles. The maximum absolute atomic E-state index is 5.45. The lowest BCUT2D eigenvalue weighted by Gasteiger charge is -2.07. The predicted molar refractivity (Wildman–Crippen MR) is 66.0 cm³/mol. The van der Waals surface area contributed by atoms with Crippen LogP contribution in [0.4, 0.5) is 6.01 Å². The summed E-state index contributed by atoms with van der Waals surface area (Å²) in [5.41, 5.74) is 0. The third-order valence-electron chi connectivity index (χ3n) is 2.15. The van der Waals surface area contributed by atoms with Crippen molar-refractivity contribution in [3.8, 4) is 0 Å². The van der Waals surface area contributed by atoms with Crippen LogP contribution in [-0.2, 0) is 4.74 Å². The summed E-state index contributed by atoms with van der Waals surface area (Å²) >= 11 is 0. The first-order valence-electron chi connectivity index (χ1n) is 6.05. The van der Waals surface area contributed by atoms with E-state index in [1.807, 2.05) is 27.7 Å². The number of rotatable bonds is 8. The molecule has 6 nitrogen and oxygen atoms in total. The zero-order chi connectivity index (χ0) is 12.7. The average Bonchev–Trinajstić information content (AvgIpc) is 2.73. The van der Waals surface area contributed by atoms with Crippen molar-refractivity contribution in [3.05, 3.63) is 5.89 Å². The number of nitrogens with zero attached hydrogens (tertiary/aromatic N) is 2. The highest BCUT2D eigenvalue weighted by molar-refractivity contribution is 5.16. The minimum atomic E-state index is 0.0787. The number of ether oxygens (including phenoxy) is 1. The van der Waals surface area contributed by atoms with Crippen LogP contribution >= 0.6 is 0 Å². The van der Waals surface area contributed by atoms with E-state index in [-0.39, 0.29) is 12.1 Å². The fourth-order valence-electron chi connectivity index (χ4n) is 1.33. The number of anilines is 1. The van der Waals surface area contributed by atoms with Crippen molar-refractivity contribution < 1.29 is 9.15 Å². The molecule has 1 atom stereocenters. The van der Waals surface area contributed by atoms with Gasteiger partial charge in [0.2, 0.25) is 5.89 Å². The normalized spacial score (nSPS) is 13.0. The molecular weight excluding hydrogens is 220 g/mol. The molecule has 1 aromatic heterocycles. The summed E-state index contributed by atoms with van der Waals surface area (Å²) in [5.74, 6) is 0.596. The van der Waals surface area contributed by atoms with Gasteiger partial charge in [-0.3, -0.25) is 0 Å². The smallest absolute Gasteiger partial charge is 0.315 e. The van der Waals surface area contributed by atoms with E-state index < -0.39 is 0 Å². The van der Waals surface area contributed by atoms with Crippen LogP contribution in [0.15, 0.2) is 4.42 Å². The fraction of sp³-hybridized carbons (Fsp3) is 0.818. The zero-order valence-corrected chi connectivity index (χ0v) is 11.0. The first-order chi connectivity index (χ1) is 8.13. The van der Waals surface area contributed by atoms with Gasteiger partial charge in [0.05, 0.1) is 18.8 Å². The average molecular weight is 242 g/mol. The molecule has 0 aliphatic rings. The molecule has 0 aliphatic carbocycles. The Hall–Kier alpha value is -1.14. The first kappa shape index (κ1) is 13.9. The third kappa shape index (κ3) is 5.14. The number of hydrogen-bond donors (Lipinski definition) is 2. The van der Waals surface area contributed by atoms with E-state index >= 15 is 0 Å². The minimum Gasteiger partial charge on any atom is -0.406 e. The van der Waals surface area contributed by atoms with E-state index in [9.17, 15) is 0 Å². The lowest BCUT2D eigenvalue weighted by atomic mass is 10.3. The molecule has 1 unspecified atom stereocenters. The van der Waals surface area contributed by atoms with Gasteiger partial charge in [0.15, 0.2) is 0 Å². The summed E-state index contributed by atoms with van der Waals surface area (Å²) in [4.78, 5) is 0. The van der Waals surface area contributed by atoms with Crippen molar-refractivity contribution in [3.63, 3.8) is 0 Å². The van der Waals surface area contributed by atoms with Crippen LogP contribution in [0.25, 0.3) is 0 Å². The Bertz CT molecular complexity index is 314. The van der Waals surface area contributed by atoms with Gasteiger partial charge >= 0.3 is 6.01 Å². The number of nitrogens with one attached hydrogen (secondary N) is 2. The highest BCUT2D eigenvalue weighted by atomic mass is 16.5. The molecule has 17 heavy (non-hydrogen) atoms. The second kappa shape index (κ2) is 7.24. The summed E-state index contributed by atoms with van der Waals surface area (Å²) < 4.78 is 10.8. The Morgan fingerprint density at radius 1 is 1.29 bits per heavy atom. The van der Waals surface area contributed by atoms with Gasteiger partial charge in [0.25, 0.3) is 0 Å². The Balaban J connectivity index is 2.30. The quantitative estimate of drug-likeness (QED) is 0.674. The molecule has 6 heteroatoms. The Morgan fingerprint density at radius 2 is 2.06 bits per heavy atom. The van der Waals surface area contributed by atoms with Gasteiger partial charge < -0.3 is 19.8 Å². The molecule has 1 rings (SSSR count). The SMILES string of the molecule is CCNC(C)c1nnc(NCCOC(C)C)o1. The van der Waals surface area contributed by atoms with E-state index in [1.165, 1.54) is 0 Å². The summed E-state index contributed by atoms with van der Waals surface area (Å²) in [7, 11) is 0. The maximum Gasteiger partial charge on any atom is 0.315 e. The van der Waals surface area contributed by atoms with Crippen molar-refractivity contribution in [1.29, 1.82) is 0 Å². The lowest BCUT2D eigenvalue weighted by Crippen LogP contribution is -2.17. The summed E-state index contributed by atoms with van der Waals surface area (Å²) in [6, 6.07) is 0.520. The van der Waals surface area contributed by atoms with E-state index in [4.69, 9.17) is 9.15 Å². The van der Waals surface area contributed by atoms with Gasteiger partial charge in [-0.15, -0.1) is 5.10 Å². The molecule has 0 aromatic carbocycles. The second-order valence-corrected chi connectivity index (χ2v) is 4.07. The molecule has 0 fully saturated rings. The Kier molecular flexibility index (Phi) is 5.93. The summed E-state index contributed by atoms with van der Waals surface area (Å²) in [6.45, 7) is 10.2. The van der Waals surface area contributed by atoms with E-state index in [0.29, 0.717) is 25.1 Å². The standard InChI is InChI=1S/C11H22N4O2/c1-5-12-9(4)10-14-15-11(17-10)13-6-7-16-8(2)3/h8-9,12H,5-7H2,1-4H3,(H,13,15). The van der Waals surface area contributed by atoms with Crippen molar-refractivity contribution in [2.45, 2.75) is 39.8 Å². The molecule has 0 aliphatic heterocycles. The Morgan fingerprint density at radius 3 is 2.71 bits per heavy atom. The molecule has 98 valence electrons. The van der Waals surface area contributed by atoms with Gasteiger partial charge in [0.1, 0.15) is 0 Å². The van der Waals surface area contributed by atoms with Gasteiger partial charge in [-0.1, -0.05) is 12.0 Å². The molecular formula is C11H22N4O2. The van der Waals surface area contributed by atoms with Crippen LogP contribution in [0.1, 0.15) is 39.6 Å². The van der Waals surface area contributed by atoms with E-state index in [0.717, 1.165) is 6.54 Å². The van der Waals surface area contributed by atoms with Gasteiger partial charge in [-0.2, -0.15) is 0 Å². The van der Waals surface area contributed by atoms with Crippen LogP contribution in [-0.4, -0.2) is 36.0 Å². The van der Waals surface area contributed by atoms with E-state index in [2.05, 4.69) is 20.8 Å². The van der Waals surface area contributed by atoms with Crippen molar-refractivity contribution in [2.75, 3.05) is 25.0 Å². The van der Waals surface area contributed by atoms with Crippen LogP contribution in [0.2, 0.25) is 0 Å². The molecule has 0 bridgehead atoms. The van der Waals surface area contributed by atoms with Crippen LogP contribution in [0.5, 0.6) is 0 Å². The van der Waals surface area contributed by atoms with Gasteiger partial charge in [0, 0.05) is 6.54 Å². The third-order valence-corrected chi connectivity index (χ3v) is 2.15. The van der Waals surface area contributed by atoms with Crippen molar-refractivity contribution in [1.82, 2.24) is 15.5 Å². The highest BCUT2D eigenvalue weighted by Crippen LogP contribution is 2.12. The van der Waals surface area contributed by atoms with Gasteiger partial charge in [-0.25, -0.2) is 0 Å². The second-order valence-electron chi connectivity index (χ2n) is 4.07.